The van der Waals surface area contributed by atoms with Crippen molar-refractivity contribution in [1.82, 2.24) is 10.3 Å². The summed E-state index contributed by atoms with van der Waals surface area (Å²) in [7, 11) is 0. The first-order valence-electron chi connectivity index (χ1n) is 5.67. The van der Waals surface area contributed by atoms with Gasteiger partial charge in [0.1, 0.15) is 6.10 Å². The van der Waals surface area contributed by atoms with E-state index in [0.29, 0.717) is 23.7 Å². The molecule has 0 bridgehead atoms. The van der Waals surface area contributed by atoms with Gasteiger partial charge in [0.05, 0.1) is 17.2 Å². The van der Waals surface area contributed by atoms with E-state index in [2.05, 4.69) is 10.3 Å². The van der Waals surface area contributed by atoms with Crippen LogP contribution in [-0.2, 0) is 9.47 Å². The number of halogens is 1. The molecular formula is C12H15ClN2O3. The third kappa shape index (κ3) is 3.19. The third-order valence-electron chi connectivity index (χ3n) is 2.57. The lowest BCUT2D eigenvalue weighted by Gasteiger charge is -2.17. The quantitative estimate of drug-likeness (QED) is 0.907. The molecule has 0 saturated carbocycles. The maximum absolute atomic E-state index is 11.9. The summed E-state index contributed by atoms with van der Waals surface area (Å²) in [5.74, 6) is -0.845. The monoisotopic (exact) mass is 270 g/mol. The van der Waals surface area contributed by atoms with Gasteiger partial charge in [-0.2, -0.15) is 0 Å². The van der Waals surface area contributed by atoms with Crippen LogP contribution < -0.4 is 5.32 Å². The number of nitrogens with zero attached hydrogens (tertiary/aromatic N) is 1. The average Bonchev–Trinajstić information content (AvgIpc) is 2.66. The molecule has 1 aromatic heterocycles. The van der Waals surface area contributed by atoms with Gasteiger partial charge in [0.2, 0.25) is 0 Å². The number of rotatable bonds is 3. The summed E-state index contributed by atoms with van der Waals surface area (Å²) in [6, 6.07) is 1.58. The van der Waals surface area contributed by atoms with Gasteiger partial charge < -0.3 is 14.8 Å². The number of aromatic nitrogens is 1. The molecule has 98 valence electrons. The fraction of sp³-hybridized carbons (Fsp3) is 0.500. The van der Waals surface area contributed by atoms with Crippen molar-refractivity contribution in [1.29, 1.82) is 0 Å². The van der Waals surface area contributed by atoms with Crippen LogP contribution in [0.25, 0.3) is 0 Å². The minimum atomic E-state index is -0.582. The highest BCUT2D eigenvalue weighted by Crippen LogP contribution is 2.21. The summed E-state index contributed by atoms with van der Waals surface area (Å²) in [5, 5.41) is 3.13. The standard InChI is InChI=1S/C12H15ClN2O3/c1-12(2)17-7-8(18-12)5-15-11(16)9-6-14-4-3-10(9)13/h3-4,6,8H,5,7H2,1-2H3,(H,15,16). The molecule has 1 aliphatic rings. The zero-order chi connectivity index (χ0) is 13.2. The summed E-state index contributed by atoms with van der Waals surface area (Å²) in [6.07, 6.45) is 2.84. The number of hydrogen-bond acceptors (Lipinski definition) is 4. The summed E-state index contributed by atoms with van der Waals surface area (Å²) < 4.78 is 11.0. The van der Waals surface area contributed by atoms with Crippen molar-refractivity contribution >= 4 is 17.5 Å². The first-order chi connectivity index (χ1) is 8.48. The number of amides is 1. The van der Waals surface area contributed by atoms with Gasteiger partial charge in [-0.25, -0.2) is 0 Å². The minimum absolute atomic E-state index is 0.139. The van der Waals surface area contributed by atoms with Gasteiger partial charge in [0.15, 0.2) is 5.79 Å². The summed E-state index contributed by atoms with van der Waals surface area (Å²) in [5.41, 5.74) is 0.359. The summed E-state index contributed by atoms with van der Waals surface area (Å²) >= 11 is 5.90. The molecule has 1 atom stereocenters. The maximum Gasteiger partial charge on any atom is 0.254 e. The van der Waals surface area contributed by atoms with E-state index in [-0.39, 0.29) is 12.0 Å². The molecule has 1 aliphatic heterocycles. The van der Waals surface area contributed by atoms with Crippen molar-refractivity contribution in [3.8, 4) is 0 Å². The van der Waals surface area contributed by atoms with E-state index in [1.807, 2.05) is 13.8 Å². The van der Waals surface area contributed by atoms with Gasteiger partial charge in [-0.1, -0.05) is 11.6 Å². The highest BCUT2D eigenvalue weighted by molar-refractivity contribution is 6.33. The predicted octanol–water partition coefficient (Wildman–Crippen LogP) is 1.62. The Balaban J connectivity index is 1.88. The number of nitrogens with one attached hydrogen (secondary N) is 1. The zero-order valence-electron chi connectivity index (χ0n) is 10.3. The maximum atomic E-state index is 11.9. The molecule has 2 rings (SSSR count). The first kappa shape index (κ1) is 13.3. The molecule has 1 amide bonds. The van der Waals surface area contributed by atoms with E-state index >= 15 is 0 Å². The lowest BCUT2D eigenvalue weighted by Crippen LogP contribution is -2.34. The molecule has 0 radical (unpaired) electrons. The smallest absolute Gasteiger partial charge is 0.254 e. The Morgan fingerprint density at radius 1 is 1.67 bits per heavy atom. The molecule has 1 unspecified atom stereocenters. The van der Waals surface area contributed by atoms with E-state index in [1.165, 1.54) is 12.4 Å². The fourth-order valence-electron chi connectivity index (χ4n) is 1.71. The molecule has 1 aromatic rings. The minimum Gasteiger partial charge on any atom is -0.349 e. The van der Waals surface area contributed by atoms with Crippen molar-refractivity contribution in [2.75, 3.05) is 13.2 Å². The topological polar surface area (TPSA) is 60.5 Å². The molecule has 0 spiro atoms. The Hall–Kier alpha value is -1.17. The molecule has 6 heteroatoms. The summed E-state index contributed by atoms with van der Waals surface area (Å²) in [4.78, 5) is 15.7. The van der Waals surface area contributed by atoms with Crippen LogP contribution in [0.2, 0.25) is 5.02 Å². The van der Waals surface area contributed by atoms with Crippen LogP contribution in [0.1, 0.15) is 24.2 Å². The van der Waals surface area contributed by atoms with Crippen molar-refractivity contribution < 1.29 is 14.3 Å². The van der Waals surface area contributed by atoms with Crippen molar-refractivity contribution in [3.63, 3.8) is 0 Å². The second kappa shape index (κ2) is 5.22. The van der Waals surface area contributed by atoms with Crippen LogP contribution in [-0.4, -0.2) is 35.9 Å². The molecule has 1 saturated heterocycles. The second-order valence-electron chi connectivity index (χ2n) is 4.52. The van der Waals surface area contributed by atoms with Gasteiger partial charge in [-0.05, 0) is 19.9 Å². The van der Waals surface area contributed by atoms with Gasteiger partial charge in [-0.3, -0.25) is 9.78 Å². The third-order valence-corrected chi connectivity index (χ3v) is 2.90. The van der Waals surface area contributed by atoms with Crippen LogP contribution in [0.5, 0.6) is 0 Å². The van der Waals surface area contributed by atoms with Gasteiger partial charge in [-0.15, -0.1) is 0 Å². The normalized spacial score (nSPS) is 21.8. The SMILES string of the molecule is CC1(C)OCC(CNC(=O)c2cnccc2Cl)O1. The van der Waals surface area contributed by atoms with E-state index in [0.717, 1.165) is 0 Å². The Bertz CT molecular complexity index is 451. The first-order valence-corrected chi connectivity index (χ1v) is 6.05. The lowest BCUT2D eigenvalue weighted by atomic mass is 10.2. The Morgan fingerprint density at radius 3 is 3.06 bits per heavy atom. The fourth-order valence-corrected chi connectivity index (χ4v) is 1.90. The van der Waals surface area contributed by atoms with Gasteiger partial charge >= 0.3 is 0 Å². The van der Waals surface area contributed by atoms with Crippen LogP contribution in [0.3, 0.4) is 0 Å². The molecule has 18 heavy (non-hydrogen) atoms. The van der Waals surface area contributed by atoms with Gasteiger partial charge in [0.25, 0.3) is 5.91 Å². The number of pyridine rings is 1. The molecule has 5 nitrogen and oxygen atoms in total. The average molecular weight is 271 g/mol. The van der Waals surface area contributed by atoms with Crippen LogP contribution >= 0.6 is 11.6 Å². The summed E-state index contributed by atoms with van der Waals surface area (Å²) in [6.45, 7) is 4.53. The van der Waals surface area contributed by atoms with Crippen LogP contribution in [0.4, 0.5) is 0 Å². The number of carbonyl (C=O) groups is 1. The molecule has 1 N–H and O–H groups in total. The highest BCUT2D eigenvalue weighted by Gasteiger charge is 2.32. The molecule has 0 aromatic carbocycles. The van der Waals surface area contributed by atoms with Gasteiger partial charge in [0, 0.05) is 18.9 Å². The number of hydrogen-bond donors (Lipinski definition) is 1. The van der Waals surface area contributed by atoms with E-state index < -0.39 is 5.79 Å². The van der Waals surface area contributed by atoms with Crippen molar-refractivity contribution in [2.24, 2.45) is 0 Å². The Labute approximate surface area is 110 Å². The van der Waals surface area contributed by atoms with Crippen molar-refractivity contribution in [3.05, 3.63) is 29.0 Å². The number of carbonyl (C=O) groups excluding carboxylic acids is 1. The predicted molar refractivity (Wildman–Crippen MR) is 66.5 cm³/mol. The molecule has 1 fully saturated rings. The highest BCUT2D eigenvalue weighted by atomic mass is 35.5. The largest absolute Gasteiger partial charge is 0.349 e. The lowest BCUT2D eigenvalue weighted by molar-refractivity contribution is -0.137. The zero-order valence-corrected chi connectivity index (χ0v) is 11.0. The van der Waals surface area contributed by atoms with Crippen LogP contribution in [0, 0.1) is 0 Å². The van der Waals surface area contributed by atoms with E-state index in [9.17, 15) is 4.79 Å². The molecule has 2 heterocycles. The number of ether oxygens (including phenoxy) is 2. The Kier molecular flexibility index (Phi) is 3.85. The van der Waals surface area contributed by atoms with Crippen LogP contribution in [0.15, 0.2) is 18.5 Å². The van der Waals surface area contributed by atoms with E-state index in [4.69, 9.17) is 21.1 Å². The Morgan fingerprint density at radius 2 is 2.44 bits per heavy atom. The molecular weight excluding hydrogens is 256 g/mol. The second-order valence-corrected chi connectivity index (χ2v) is 4.92. The van der Waals surface area contributed by atoms with Crippen molar-refractivity contribution in [2.45, 2.75) is 25.7 Å². The van der Waals surface area contributed by atoms with E-state index in [1.54, 1.807) is 6.07 Å². The molecule has 0 aliphatic carbocycles.